The molecule has 0 aliphatic rings. The fourth-order valence-corrected chi connectivity index (χ4v) is 3.94. The lowest BCUT2D eigenvalue weighted by Gasteiger charge is -2.05. The van der Waals surface area contributed by atoms with Gasteiger partial charge in [0.1, 0.15) is 17.6 Å². The summed E-state index contributed by atoms with van der Waals surface area (Å²) in [7, 11) is 1.60. The molecule has 28 heavy (non-hydrogen) atoms. The number of anilines is 1. The highest BCUT2D eigenvalue weighted by atomic mass is 32.1. The topological polar surface area (TPSA) is 68.3 Å². The van der Waals surface area contributed by atoms with Crippen LogP contribution in [0.25, 0.3) is 21.3 Å². The summed E-state index contributed by atoms with van der Waals surface area (Å²) < 4.78 is 6.39. The van der Waals surface area contributed by atoms with Crippen molar-refractivity contribution in [1.29, 1.82) is 0 Å². The molecule has 6 heteroatoms. The fraction of sp³-hybridized carbons (Fsp3) is 0.0455. The van der Waals surface area contributed by atoms with Gasteiger partial charge in [-0.1, -0.05) is 53.8 Å². The van der Waals surface area contributed by atoms with Gasteiger partial charge in [-0.3, -0.25) is 14.9 Å². The molecule has 0 unspecified atom stereocenters. The smallest absolute Gasteiger partial charge is 0.257 e. The molecule has 0 bridgehead atoms. The molecule has 0 aliphatic heterocycles. The molecule has 0 radical (unpaired) electrons. The van der Waals surface area contributed by atoms with Gasteiger partial charge in [-0.2, -0.15) is 0 Å². The fourth-order valence-electron chi connectivity index (χ4n) is 2.93. The van der Waals surface area contributed by atoms with Crippen LogP contribution in [0.4, 0.5) is 5.13 Å². The van der Waals surface area contributed by atoms with Gasteiger partial charge in [-0.05, 0) is 29.8 Å². The maximum atomic E-state index is 12.5. The molecule has 4 aromatic rings. The van der Waals surface area contributed by atoms with E-state index in [0.29, 0.717) is 27.5 Å². The first-order valence-electron chi connectivity index (χ1n) is 8.59. The Labute approximate surface area is 165 Å². The Hall–Kier alpha value is -3.51. The molecular weight excluding hydrogens is 372 g/mol. The number of ether oxygens (including phenoxy) is 1. The second-order valence-corrected chi connectivity index (χ2v) is 7.07. The third-order valence-electron chi connectivity index (χ3n) is 4.34. The molecule has 138 valence electrons. The standard InChI is InChI=1S/C22H16N2O3S/c1-27-18-12-11-17(15-5-3-2-4-6-15)20-19(18)23-22(28-20)24-21(26)16-9-7-14(13-25)8-10-16/h2-13H,1H3,(H,23,24,26). The number of carbonyl (C=O) groups is 2. The summed E-state index contributed by atoms with van der Waals surface area (Å²) in [6.45, 7) is 0. The Morgan fingerprint density at radius 1 is 1.04 bits per heavy atom. The van der Waals surface area contributed by atoms with Crippen molar-refractivity contribution in [3.8, 4) is 16.9 Å². The van der Waals surface area contributed by atoms with E-state index in [1.165, 1.54) is 11.3 Å². The highest BCUT2D eigenvalue weighted by Crippen LogP contribution is 2.39. The SMILES string of the molecule is COc1ccc(-c2ccccc2)c2sc(NC(=O)c3ccc(C=O)cc3)nc12. The summed E-state index contributed by atoms with van der Waals surface area (Å²) in [5, 5.41) is 3.33. The molecule has 4 rings (SSSR count). The van der Waals surface area contributed by atoms with Gasteiger partial charge in [0.25, 0.3) is 5.91 Å². The predicted octanol–water partition coefficient (Wildman–Crippen LogP) is 5.04. The third-order valence-corrected chi connectivity index (χ3v) is 5.34. The molecule has 0 saturated carbocycles. The zero-order valence-electron chi connectivity index (χ0n) is 15.0. The van der Waals surface area contributed by atoms with Crippen molar-refractivity contribution in [1.82, 2.24) is 4.98 Å². The van der Waals surface area contributed by atoms with Gasteiger partial charge in [0, 0.05) is 16.7 Å². The molecule has 3 aromatic carbocycles. The Kier molecular flexibility index (Phi) is 4.87. The summed E-state index contributed by atoms with van der Waals surface area (Å²) in [4.78, 5) is 27.9. The number of hydrogen-bond acceptors (Lipinski definition) is 5. The number of nitrogens with one attached hydrogen (secondary N) is 1. The molecule has 1 amide bonds. The summed E-state index contributed by atoms with van der Waals surface area (Å²) in [6.07, 6.45) is 0.743. The first-order valence-corrected chi connectivity index (χ1v) is 9.41. The van der Waals surface area contributed by atoms with E-state index in [4.69, 9.17) is 4.74 Å². The van der Waals surface area contributed by atoms with Crippen LogP contribution in [0.2, 0.25) is 0 Å². The van der Waals surface area contributed by atoms with Crippen LogP contribution in [-0.2, 0) is 0 Å². The van der Waals surface area contributed by atoms with Gasteiger partial charge in [0.05, 0.1) is 11.8 Å². The van der Waals surface area contributed by atoms with Crippen LogP contribution in [0.5, 0.6) is 5.75 Å². The first-order chi connectivity index (χ1) is 13.7. The lowest BCUT2D eigenvalue weighted by atomic mass is 10.1. The second-order valence-electron chi connectivity index (χ2n) is 6.07. The van der Waals surface area contributed by atoms with Crippen molar-refractivity contribution < 1.29 is 14.3 Å². The molecule has 0 spiro atoms. The first kappa shape index (κ1) is 17.9. The Bertz CT molecular complexity index is 1150. The van der Waals surface area contributed by atoms with Crippen LogP contribution < -0.4 is 10.1 Å². The molecule has 0 fully saturated rings. The second kappa shape index (κ2) is 7.62. The van der Waals surface area contributed by atoms with E-state index < -0.39 is 0 Å². The van der Waals surface area contributed by atoms with Crippen LogP contribution in [-0.4, -0.2) is 24.3 Å². The number of thiazole rings is 1. The number of amides is 1. The Balaban J connectivity index is 1.72. The number of nitrogens with zero attached hydrogens (tertiary/aromatic N) is 1. The van der Waals surface area contributed by atoms with E-state index in [0.717, 1.165) is 22.1 Å². The number of hydrogen-bond donors (Lipinski definition) is 1. The van der Waals surface area contributed by atoms with Crippen molar-refractivity contribution in [3.05, 3.63) is 77.9 Å². The van der Waals surface area contributed by atoms with Crippen LogP contribution in [0.3, 0.4) is 0 Å². The van der Waals surface area contributed by atoms with Crippen molar-refractivity contribution in [2.45, 2.75) is 0 Å². The minimum absolute atomic E-state index is 0.281. The van der Waals surface area contributed by atoms with E-state index in [1.54, 1.807) is 31.4 Å². The normalized spacial score (nSPS) is 10.6. The van der Waals surface area contributed by atoms with Crippen LogP contribution in [0.15, 0.2) is 66.7 Å². The number of carbonyl (C=O) groups excluding carboxylic acids is 2. The monoisotopic (exact) mass is 388 g/mol. The van der Waals surface area contributed by atoms with Crippen molar-refractivity contribution >= 4 is 38.9 Å². The minimum Gasteiger partial charge on any atom is -0.494 e. The van der Waals surface area contributed by atoms with Crippen molar-refractivity contribution in [3.63, 3.8) is 0 Å². The van der Waals surface area contributed by atoms with Crippen LogP contribution in [0.1, 0.15) is 20.7 Å². The zero-order chi connectivity index (χ0) is 19.5. The average molecular weight is 388 g/mol. The number of aromatic nitrogens is 1. The summed E-state index contributed by atoms with van der Waals surface area (Å²) >= 11 is 1.40. The highest BCUT2D eigenvalue weighted by Gasteiger charge is 2.16. The molecular formula is C22H16N2O3S. The van der Waals surface area contributed by atoms with Crippen molar-refractivity contribution in [2.24, 2.45) is 0 Å². The zero-order valence-corrected chi connectivity index (χ0v) is 15.8. The lowest BCUT2D eigenvalue weighted by Crippen LogP contribution is -2.11. The third kappa shape index (κ3) is 3.37. The predicted molar refractivity (Wildman–Crippen MR) is 111 cm³/mol. The Morgan fingerprint density at radius 2 is 1.79 bits per heavy atom. The van der Waals surface area contributed by atoms with E-state index in [2.05, 4.69) is 10.3 Å². The van der Waals surface area contributed by atoms with Gasteiger partial charge >= 0.3 is 0 Å². The van der Waals surface area contributed by atoms with Gasteiger partial charge < -0.3 is 4.74 Å². The molecule has 0 atom stereocenters. The van der Waals surface area contributed by atoms with Gasteiger partial charge in [-0.15, -0.1) is 0 Å². The quantitative estimate of drug-likeness (QED) is 0.487. The number of methoxy groups -OCH3 is 1. The van der Waals surface area contributed by atoms with E-state index in [1.807, 2.05) is 42.5 Å². The highest BCUT2D eigenvalue weighted by molar-refractivity contribution is 7.23. The number of rotatable bonds is 5. The van der Waals surface area contributed by atoms with Crippen LogP contribution in [0, 0.1) is 0 Å². The minimum atomic E-state index is -0.281. The van der Waals surface area contributed by atoms with Gasteiger partial charge in [-0.25, -0.2) is 4.98 Å². The Morgan fingerprint density at radius 3 is 2.46 bits per heavy atom. The average Bonchev–Trinajstić information content (AvgIpc) is 3.17. The number of benzene rings is 3. The van der Waals surface area contributed by atoms with Crippen molar-refractivity contribution in [2.75, 3.05) is 12.4 Å². The number of aldehydes is 1. The van der Waals surface area contributed by atoms with E-state index in [9.17, 15) is 9.59 Å². The molecule has 1 N–H and O–H groups in total. The maximum absolute atomic E-state index is 12.5. The maximum Gasteiger partial charge on any atom is 0.257 e. The van der Waals surface area contributed by atoms with Gasteiger partial charge in [0.2, 0.25) is 0 Å². The van der Waals surface area contributed by atoms with E-state index >= 15 is 0 Å². The molecule has 5 nitrogen and oxygen atoms in total. The summed E-state index contributed by atoms with van der Waals surface area (Å²) in [6, 6.07) is 20.3. The molecule has 0 saturated heterocycles. The lowest BCUT2D eigenvalue weighted by molar-refractivity contribution is 0.102. The molecule has 0 aliphatic carbocycles. The molecule has 1 aromatic heterocycles. The molecule has 1 heterocycles. The number of fused-ring (bicyclic) bond motifs is 1. The van der Waals surface area contributed by atoms with E-state index in [-0.39, 0.29) is 5.91 Å². The summed E-state index contributed by atoms with van der Waals surface area (Å²) in [5.41, 5.74) is 3.79. The largest absolute Gasteiger partial charge is 0.494 e. The van der Waals surface area contributed by atoms with Gasteiger partial charge in [0.15, 0.2) is 5.13 Å². The summed E-state index contributed by atoms with van der Waals surface area (Å²) in [5.74, 6) is 0.374. The van der Waals surface area contributed by atoms with Crippen LogP contribution >= 0.6 is 11.3 Å².